The van der Waals surface area contributed by atoms with Crippen LogP contribution in [-0.2, 0) is 5.41 Å². The van der Waals surface area contributed by atoms with Crippen LogP contribution in [0.25, 0.3) is 5.57 Å². The normalized spacial score (nSPS) is 23.5. The average molecular weight is 290 g/mol. The molecule has 22 heavy (non-hydrogen) atoms. The van der Waals surface area contributed by atoms with Crippen LogP contribution in [0.2, 0.25) is 0 Å². The molecule has 0 saturated carbocycles. The molecule has 2 aliphatic carbocycles. The maximum Gasteiger partial charge on any atom is 0.0242 e. The molecule has 0 heterocycles. The minimum absolute atomic E-state index is 0.0243. The fourth-order valence-corrected chi connectivity index (χ4v) is 4.31. The molecule has 0 radical (unpaired) electrons. The summed E-state index contributed by atoms with van der Waals surface area (Å²) in [5.41, 5.74) is 7.08. The molecule has 0 aromatic heterocycles. The monoisotopic (exact) mass is 290 g/mol. The average Bonchev–Trinajstić information content (AvgIpc) is 2.52. The second-order valence-electron chi connectivity index (χ2n) is 7.03. The number of fused-ring (bicyclic) bond motifs is 2. The Hall–Kier alpha value is -1.82. The van der Waals surface area contributed by atoms with E-state index in [4.69, 9.17) is 0 Å². The molecule has 1 aromatic carbocycles. The van der Waals surface area contributed by atoms with Crippen LogP contribution in [0.3, 0.4) is 0 Å². The van der Waals surface area contributed by atoms with Gasteiger partial charge in [0.15, 0.2) is 0 Å². The molecule has 1 aromatic rings. The van der Waals surface area contributed by atoms with Gasteiger partial charge in [0.1, 0.15) is 0 Å². The van der Waals surface area contributed by atoms with Crippen LogP contribution in [0.5, 0.6) is 0 Å². The Kier molecular flexibility index (Phi) is 3.95. The molecule has 0 spiro atoms. The van der Waals surface area contributed by atoms with Gasteiger partial charge < -0.3 is 0 Å². The molecule has 1 atom stereocenters. The Morgan fingerprint density at radius 1 is 1.27 bits per heavy atom. The first-order chi connectivity index (χ1) is 10.6. The van der Waals surface area contributed by atoms with Crippen molar-refractivity contribution in [3.8, 4) is 0 Å². The lowest BCUT2D eigenvalue weighted by Crippen LogP contribution is -2.35. The number of rotatable bonds is 4. The lowest BCUT2D eigenvalue weighted by atomic mass is 9.59. The second-order valence-corrected chi connectivity index (χ2v) is 7.03. The third-order valence-electron chi connectivity index (χ3n) is 5.09. The largest absolute Gasteiger partial charge is 0.103 e. The van der Waals surface area contributed by atoms with Crippen LogP contribution < -0.4 is 0 Å². The van der Waals surface area contributed by atoms with Crippen molar-refractivity contribution in [3.05, 3.63) is 77.9 Å². The summed E-state index contributed by atoms with van der Waals surface area (Å²) in [5, 5.41) is 0. The minimum atomic E-state index is 0.0243. The van der Waals surface area contributed by atoms with Gasteiger partial charge in [-0.15, -0.1) is 6.58 Å². The number of hydrogen-bond acceptors (Lipinski definition) is 0. The van der Waals surface area contributed by atoms with Gasteiger partial charge in [-0.05, 0) is 59.4 Å². The van der Waals surface area contributed by atoms with Gasteiger partial charge in [0, 0.05) is 5.41 Å². The van der Waals surface area contributed by atoms with Crippen LogP contribution >= 0.6 is 0 Å². The number of benzene rings is 1. The molecule has 114 valence electrons. The van der Waals surface area contributed by atoms with E-state index in [1.165, 1.54) is 27.8 Å². The van der Waals surface area contributed by atoms with Crippen LogP contribution in [-0.4, -0.2) is 0 Å². The molecule has 0 amide bonds. The first-order valence-electron chi connectivity index (χ1n) is 8.40. The highest BCUT2D eigenvalue weighted by Gasteiger charge is 2.41. The van der Waals surface area contributed by atoms with Crippen LogP contribution in [0.15, 0.2) is 66.8 Å². The maximum absolute atomic E-state index is 4.58. The van der Waals surface area contributed by atoms with Gasteiger partial charge in [-0.1, -0.05) is 62.9 Å². The van der Waals surface area contributed by atoms with E-state index in [1.54, 1.807) is 0 Å². The molecule has 0 saturated heterocycles. The quantitative estimate of drug-likeness (QED) is 0.577. The summed E-state index contributed by atoms with van der Waals surface area (Å²) in [6.07, 6.45) is 11.0. The standard InChI is InChI=1S/C22H26/c1-5-14-22(15-16(2)3)17(4)18-10-6-7-11-19(18)20-12-8-9-13-21(20)22/h5,7-9,11-13,16H,1,4,6,10,14-15H2,2-3H3. The minimum Gasteiger partial charge on any atom is -0.103 e. The van der Waals surface area contributed by atoms with Gasteiger partial charge in [0.05, 0.1) is 0 Å². The van der Waals surface area contributed by atoms with E-state index in [9.17, 15) is 0 Å². The van der Waals surface area contributed by atoms with Crippen molar-refractivity contribution < 1.29 is 0 Å². The number of hydrogen-bond donors (Lipinski definition) is 0. The summed E-state index contributed by atoms with van der Waals surface area (Å²) in [6, 6.07) is 8.92. The van der Waals surface area contributed by atoms with Crippen molar-refractivity contribution in [3.63, 3.8) is 0 Å². The van der Waals surface area contributed by atoms with Crippen LogP contribution in [0.1, 0.15) is 50.7 Å². The summed E-state index contributed by atoms with van der Waals surface area (Å²) >= 11 is 0. The Labute approximate surface area is 135 Å². The first kappa shape index (κ1) is 15.1. The molecule has 0 aliphatic heterocycles. The Morgan fingerprint density at radius 2 is 2.05 bits per heavy atom. The second kappa shape index (κ2) is 5.76. The van der Waals surface area contributed by atoms with Crippen LogP contribution in [0, 0.1) is 5.92 Å². The predicted molar refractivity (Wildman–Crippen MR) is 96.8 cm³/mol. The fraction of sp³-hybridized carbons (Fsp3) is 0.364. The van der Waals surface area contributed by atoms with E-state index >= 15 is 0 Å². The number of allylic oxidation sites excluding steroid dienone is 6. The van der Waals surface area contributed by atoms with Gasteiger partial charge in [-0.3, -0.25) is 0 Å². The third-order valence-corrected chi connectivity index (χ3v) is 5.09. The van der Waals surface area contributed by atoms with E-state index < -0.39 is 0 Å². The van der Waals surface area contributed by atoms with Crippen molar-refractivity contribution >= 4 is 5.57 Å². The molecule has 2 aliphatic rings. The van der Waals surface area contributed by atoms with Gasteiger partial charge in [-0.25, -0.2) is 0 Å². The molecule has 1 unspecified atom stereocenters. The van der Waals surface area contributed by atoms with Gasteiger partial charge in [0.25, 0.3) is 0 Å². The molecule has 3 rings (SSSR count). The zero-order chi connectivity index (χ0) is 15.7. The Balaban J connectivity index is 2.27. The third kappa shape index (κ3) is 2.22. The van der Waals surface area contributed by atoms with Crippen molar-refractivity contribution in [1.82, 2.24) is 0 Å². The summed E-state index contributed by atoms with van der Waals surface area (Å²) in [5.74, 6) is 0.631. The zero-order valence-electron chi connectivity index (χ0n) is 13.9. The lowest BCUT2D eigenvalue weighted by Gasteiger charge is -2.44. The molecule has 0 heteroatoms. The van der Waals surface area contributed by atoms with Gasteiger partial charge in [-0.2, -0.15) is 0 Å². The molecular weight excluding hydrogens is 264 g/mol. The Bertz CT molecular complexity index is 669. The topological polar surface area (TPSA) is 0 Å². The van der Waals surface area contributed by atoms with Crippen molar-refractivity contribution in [1.29, 1.82) is 0 Å². The first-order valence-corrected chi connectivity index (χ1v) is 8.40. The van der Waals surface area contributed by atoms with Gasteiger partial charge in [0.2, 0.25) is 0 Å². The van der Waals surface area contributed by atoms with E-state index in [0.29, 0.717) is 5.92 Å². The molecule has 0 nitrogen and oxygen atoms in total. The molecular formula is C22H26. The van der Waals surface area contributed by atoms with E-state index in [1.807, 2.05) is 0 Å². The SMILES string of the molecule is C=CCC1(CC(C)C)C(=C)C2=C(C=CCC2)c2ccccc21. The van der Waals surface area contributed by atoms with Crippen molar-refractivity contribution in [2.75, 3.05) is 0 Å². The zero-order valence-corrected chi connectivity index (χ0v) is 13.9. The highest BCUT2D eigenvalue weighted by Crippen LogP contribution is 2.53. The van der Waals surface area contributed by atoms with E-state index in [-0.39, 0.29) is 5.41 Å². The fourth-order valence-electron chi connectivity index (χ4n) is 4.31. The molecule has 0 fully saturated rings. The predicted octanol–water partition coefficient (Wildman–Crippen LogP) is 6.22. The van der Waals surface area contributed by atoms with E-state index in [0.717, 1.165) is 25.7 Å². The highest BCUT2D eigenvalue weighted by molar-refractivity contribution is 5.86. The lowest BCUT2D eigenvalue weighted by molar-refractivity contribution is 0.392. The van der Waals surface area contributed by atoms with Crippen LogP contribution in [0.4, 0.5) is 0 Å². The molecule has 0 N–H and O–H groups in total. The van der Waals surface area contributed by atoms with E-state index in [2.05, 4.69) is 69.5 Å². The summed E-state index contributed by atoms with van der Waals surface area (Å²) in [4.78, 5) is 0. The highest BCUT2D eigenvalue weighted by atomic mass is 14.4. The van der Waals surface area contributed by atoms with Gasteiger partial charge >= 0.3 is 0 Å². The van der Waals surface area contributed by atoms with Crippen molar-refractivity contribution in [2.45, 2.75) is 44.9 Å². The summed E-state index contributed by atoms with van der Waals surface area (Å²) < 4.78 is 0. The maximum atomic E-state index is 4.58. The summed E-state index contributed by atoms with van der Waals surface area (Å²) in [6.45, 7) is 13.3. The summed E-state index contributed by atoms with van der Waals surface area (Å²) in [7, 11) is 0. The Morgan fingerprint density at radius 3 is 2.77 bits per heavy atom. The smallest absolute Gasteiger partial charge is 0.0242 e. The molecule has 0 bridgehead atoms. The van der Waals surface area contributed by atoms with Crippen molar-refractivity contribution in [2.24, 2.45) is 5.92 Å².